The highest BCUT2D eigenvalue weighted by Gasteiger charge is 2.24. The largest absolute Gasteiger partial charge is 0.508 e. The molecule has 1 aliphatic heterocycles. The molecule has 0 amide bonds. The molecule has 3 rings (SSSR count). The first-order valence-corrected chi connectivity index (χ1v) is 10.6. The van der Waals surface area contributed by atoms with Crippen molar-refractivity contribution in [3.05, 3.63) is 59.7 Å². The molecule has 0 aliphatic carbocycles. The molecule has 1 N–H and O–H groups in total. The predicted octanol–water partition coefficient (Wildman–Crippen LogP) is 3.60. The number of nitrogens with zero attached hydrogens (tertiary/aromatic N) is 3. The van der Waals surface area contributed by atoms with Crippen LogP contribution in [0.1, 0.15) is 29.9 Å². The number of phenols is 1. The molecule has 0 spiro atoms. The van der Waals surface area contributed by atoms with Crippen LogP contribution in [0.25, 0.3) is 0 Å². The summed E-state index contributed by atoms with van der Waals surface area (Å²) in [4.78, 5) is 7.20. The Morgan fingerprint density at radius 1 is 1.00 bits per heavy atom. The van der Waals surface area contributed by atoms with Crippen LogP contribution in [-0.2, 0) is 6.54 Å². The molecule has 0 radical (unpaired) electrons. The number of hydrogen-bond acceptors (Lipinski definition) is 5. The zero-order valence-corrected chi connectivity index (χ0v) is 18.1. The number of ether oxygens (including phenoxy) is 1. The van der Waals surface area contributed by atoms with Crippen LogP contribution in [0.5, 0.6) is 11.5 Å². The van der Waals surface area contributed by atoms with E-state index in [1.54, 1.807) is 13.2 Å². The van der Waals surface area contributed by atoms with E-state index in [9.17, 15) is 5.11 Å². The third kappa shape index (κ3) is 6.20. The second kappa shape index (κ2) is 10.6. The monoisotopic (exact) mass is 397 g/mol. The van der Waals surface area contributed by atoms with Crippen molar-refractivity contribution in [3.8, 4) is 11.5 Å². The summed E-state index contributed by atoms with van der Waals surface area (Å²) in [5, 5.41) is 10.2. The standard InChI is InChI=1S/C24H35N3O2/c1-25(2)16-17-27(18-21-8-4-6-10-23(21)28)19-26-14-12-20(13-15-26)22-9-5-7-11-24(22)29-3/h4-11,20,28H,12-19H2,1-3H3. The van der Waals surface area contributed by atoms with Crippen LogP contribution in [0, 0.1) is 0 Å². The van der Waals surface area contributed by atoms with Crippen LogP contribution in [0.3, 0.4) is 0 Å². The molecule has 1 fully saturated rings. The van der Waals surface area contributed by atoms with Gasteiger partial charge in [-0.1, -0.05) is 36.4 Å². The molecule has 0 saturated carbocycles. The number of benzene rings is 2. The van der Waals surface area contributed by atoms with Crippen molar-refractivity contribution in [1.82, 2.24) is 14.7 Å². The third-order valence-electron chi connectivity index (χ3n) is 5.82. The highest BCUT2D eigenvalue weighted by molar-refractivity contribution is 5.36. The molecule has 29 heavy (non-hydrogen) atoms. The van der Waals surface area contributed by atoms with Crippen molar-refractivity contribution in [2.45, 2.75) is 25.3 Å². The molecule has 5 heteroatoms. The Hall–Kier alpha value is -2.08. The van der Waals surface area contributed by atoms with E-state index in [1.165, 1.54) is 5.56 Å². The zero-order valence-electron chi connectivity index (χ0n) is 18.1. The van der Waals surface area contributed by atoms with Crippen molar-refractivity contribution in [1.29, 1.82) is 0 Å². The fourth-order valence-corrected chi connectivity index (χ4v) is 4.10. The van der Waals surface area contributed by atoms with Crippen molar-refractivity contribution < 1.29 is 9.84 Å². The molecule has 1 saturated heterocycles. The number of likely N-dealkylation sites (N-methyl/N-ethyl adjacent to an activating group) is 1. The number of aromatic hydroxyl groups is 1. The molecule has 0 bridgehead atoms. The van der Waals surface area contributed by atoms with Crippen LogP contribution in [-0.4, -0.2) is 73.9 Å². The van der Waals surface area contributed by atoms with Gasteiger partial charge in [-0.2, -0.15) is 0 Å². The van der Waals surface area contributed by atoms with E-state index in [1.807, 2.05) is 24.3 Å². The van der Waals surface area contributed by atoms with Crippen LogP contribution < -0.4 is 4.74 Å². The Balaban J connectivity index is 1.59. The van der Waals surface area contributed by atoms with Crippen LogP contribution >= 0.6 is 0 Å². The van der Waals surface area contributed by atoms with E-state index >= 15 is 0 Å². The minimum absolute atomic E-state index is 0.386. The Morgan fingerprint density at radius 3 is 2.38 bits per heavy atom. The van der Waals surface area contributed by atoms with Gasteiger partial charge in [-0.25, -0.2) is 0 Å². The molecule has 2 aromatic rings. The van der Waals surface area contributed by atoms with E-state index < -0.39 is 0 Å². The number of likely N-dealkylation sites (tertiary alicyclic amines) is 1. The number of methoxy groups -OCH3 is 1. The number of hydrogen-bond donors (Lipinski definition) is 1. The summed E-state index contributed by atoms with van der Waals surface area (Å²) in [7, 11) is 5.98. The highest BCUT2D eigenvalue weighted by Crippen LogP contribution is 2.34. The van der Waals surface area contributed by atoms with Gasteiger partial charge in [0.15, 0.2) is 0 Å². The maximum absolute atomic E-state index is 10.2. The molecule has 158 valence electrons. The molecule has 1 heterocycles. The van der Waals surface area contributed by atoms with Gasteiger partial charge in [0, 0.05) is 25.2 Å². The normalized spacial score (nSPS) is 15.9. The maximum atomic E-state index is 10.2. The van der Waals surface area contributed by atoms with Gasteiger partial charge >= 0.3 is 0 Å². The van der Waals surface area contributed by atoms with E-state index in [0.29, 0.717) is 11.7 Å². The molecular formula is C24H35N3O2. The summed E-state index contributed by atoms with van der Waals surface area (Å²) in [5.74, 6) is 1.96. The molecule has 5 nitrogen and oxygen atoms in total. The van der Waals surface area contributed by atoms with Crippen molar-refractivity contribution >= 4 is 0 Å². The Morgan fingerprint density at radius 2 is 1.69 bits per heavy atom. The summed E-state index contributed by atoms with van der Waals surface area (Å²) >= 11 is 0. The number of para-hydroxylation sites is 2. The van der Waals surface area contributed by atoms with Gasteiger partial charge in [-0.3, -0.25) is 9.80 Å². The summed E-state index contributed by atoms with van der Waals surface area (Å²) in [5.41, 5.74) is 2.34. The highest BCUT2D eigenvalue weighted by atomic mass is 16.5. The summed E-state index contributed by atoms with van der Waals surface area (Å²) < 4.78 is 5.57. The first-order chi connectivity index (χ1) is 14.1. The minimum Gasteiger partial charge on any atom is -0.508 e. The van der Waals surface area contributed by atoms with E-state index in [-0.39, 0.29) is 0 Å². The lowest BCUT2D eigenvalue weighted by Gasteiger charge is -2.36. The lowest BCUT2D eigenvalue weighted by atomic mass is 9.89. The summed E-state index contributed by atoms with van der Waals surface area (Å²) in [6.07, 6.45) is 2.30. The van der Waals surface area contributed by atoms with E-state index in [4.69, 9.17) is 4.74 Å². The lowest BCUT2D eigenvalue weighted by molar-refractivity contribution is 0.0952. The van der Waals surface area contributed by atoms with E-state index in [2.05, 4.69) is 47.0 Å². The van der Waals surface area contributed by atoms with Gasteiger partial charge in [0.2, 0.25) is 0 Å². The fraction of sp³-hybridized carbons (Fsp3) is 0.500. The Kier molecular flexibility index (Phi) is 7.92. The predicted molar refractivity (Wildman–Crippen MR) is 118 cm³/mol. The summed E-state index contributed by atoms with van der Waals surface area (Å²) in [6, 6.07) is 16.1. The smallest absolute Gasteiger partial charge is 0.122 e. The number of phenolic OH excluding ortho intramolecular Hbond substituents is 1. The van der Waals surface area contributed by atoms with Gasteiger partial charge < -0.3 is 14.7 Å². The molecular weight excluding hydrogens is 362 g/mol. The first-order valence-electron chi connectivity index (χ1n) is 10.6. The van der Waals surface area contributed by atoms with Gasteiger partial charge in [0.1, 0.15) is 11.5 Å². The summed E-state index contributed by atoms with van der Waals surface area (Å²) in [6.45, 7) is 5.86. The molecule has 0 aromatic heterocycles. The maximum Gasteiger partial charge on any atom is 0.122 e. The second-order valence-electron chi connectivity index (χ2n) is 8.26. The lowest BCUT2D eigenvalue weighted by Crippen LogP contribution is -2.43. The van der Waals surface area contributed by atoms with Crippen LogP contribution in [0.2, 0.25) is 0 Å². The van der Waals surface area contributed by atoms with Gasteiger partial charge in [0.05, 0.1) is 13.8 Å². The molecule has 0 atom stereocenters. The number of rotatable bonds is 9. The van der Waals surface area contributed by atoms with Gasteiger partial charge in [0.25, 0.3) is 0 Å². The third-order valence-corrected chi connectivity index (χ3v) is 5.82. The van der Waals surface area contributed by atoms with Gasteiger partial charge in [-0.15, -0.1) is 0 Å². The molecule has 1 aliphatic rings. The van der Waals surface area contributed by atoms with Crippen molar-refractivity contribution in [2.75, 3.05) is 54.1 Å². The SMILES string of the molecule is COc1ccccc1C1CCN(CN(CCN(C)C)Cc2ccccc2O)CC1. The van der Waals surface area contributed by atoms with Crippen molar-refractivity contribution in [3.63, 3.8) is 0 Å². The molecule has 0 unspecified atom stereocenters. The molecule has 2 aromatic carbocycles. The zero-order chi connectivity index (χ0) is 20.6. The van der Waals surface area contributed by atoms with Crippen LogP contribution in [0.4, 0.5) is 0 Å². The first kappa shape index (κ1) is 21.6. The van der Waals surface area contributed by atoms with Crippen molar-refractivity contribution in [2.24, 2.45) is 0 Å². The Labute approximate surface area is 175 Å². The average molecular weight is 398 g/mol. The van der Waals surface area contributed by atoms with E-state index in [0.717, 1.165) is 63.5 Å². The minimum atomic E-state index is 0.386. The Bertz CT molecular complexity index is 757. The van der Waals surface area contributed by atoms with Gasteiger partial charge in [-0.05, 0) is 63.6 Å². The quantitative estimate of drug-likeness (QED) is 0.700. The topological polar surface area (TPSA) is 39.2 Å². The fourth-order valence-electron chi connectivity index (χ4n) is 4.10. The average Bonchev–Trinajstić information content (AvgIpc) is 2.74. The van der Waals surface area contributed by atoms with Crippen LogP contribution in [0.15, 0.2) is 48.5 Å². The number of piperidine rings is 1. The second-order valence-corrected chi connectivity index (χ2v) is 8.26.